The number of nitrogens with zero attached hydrogens (tertiary/aromatic N) is 2. The molecule has 34 heavy (non-hydrogen) atoms. The molecule has 1 atom stereocenters. The van der Waals surface area contributed by atoms with Crippen molar-refractivity contribution in [3.8, 4) is 11.3 Å². The van der Waals surface area contributed by atoms with Gasteiger partial charge in [-0.15, -0.1) is 0 Å². The molecule has 1 fully saturated rings. The topological polar surface area (TPSA) is 72.6 Å². The van der Waals surface area contributed by atoms with E-state index in [4.69, 9.17) is 9.15 Å². The van der Waals surface area contributed by atoms with Gasteiger partial charge >= 0.3 is 5.97 Å². The molecule has 178 valence electrons. The van der Waals surface area contributed by atoms with Crippen LogP contribution in [0.4, 0.5) is 0 Å². The first-order chi connectivity index (χ1) is 16.5. The summed E-state index contributed by atoms with van der Waals surface area (Å²) in [5, 5.41) is 0. The summed E-state index contributed by atoms with van der Waals surface area (Å²) in [6, 6.07) is 18.4. The molecule has 0 bridgehead atoms. The van der Waals surface area contributed by atoms with Crippen molar-refractivity contribution in [2.75, 3.05) is 13.1 Å². The SMILES string of the molecule is Cc1ccc(-c2cnc(CCC(=O)OC(C)C(=O)N3CCC(Cc4ccccc4)CC3)o2)cc1. The van der Waals surface area contributed by atoms with E-state index in [1.807, 2.05) is 42.2 Å². The zero-order valence-corrected chi connectivity index (χ0v) is 19.9. The summed E-state index contributed by atoms with van der Waals surface area (Å²) >= 11 is 0. The van der Waals surface area contributed by atoms with Crippen molar-refractivity contribution in [2.45, 2.75) is 52.1 Å². The number of aromatic nitrogens is 1. The van der Waals surface area contributed by atoms with E-state index in [1.165, 1.54) is 11.1 Å². The third kappa shape index (κ3) is 6.34. The Morgan fingerprint density at radius 1 is 1.09 bits per heavy atom. The van der Waals surface area contributed by atoms with Crippen LogP contribution in [0, 0.1) is 12.8 Å². The van der Waals surface area contributed by atoms with Crippen molar-refractivity contribution in [3.05, 3.63) is 77.8 Å². The molecule has 6 nitrogen and oxygen atoms in total. The number of carbonyl (C=O) groups is 2. The molecule has 2 heterocycles. The van der Waals surface area contributed by atoms with Crippen LogP contribution < -0.4 is 0 Å². The molecule has 0 aliphatic carbocycles. The van der Waals surface area contributed by atoms with E-state index in [1.54, 1.807) is 13.1 Å². The van der Waals surface area contributed by atoms with Crippen molar-refractivity contribution in [1.29, 1.82) is 0 Å². The Balaban J connectivity index is 1.19. The van der Waals surface area contributed by atoms with Gasteiger partial charge in [0.25, 0.3) is 5.91 Å². The predicted molar refractivity (Wildman–Crippen MR) is 130 cm³/mol. The highest BCUT2D eigenvalue weighted by molar-refractivity contribution is 5.83. The average molecular weight is 461 g/mol. The Morgan fingerprint density at radius 3 is 2.50 bits per heavy atom. The van der Waals surface area contributed by atoms with Gasteiger partial charge in [-0.1, -0.05) is 60.2 Å². The van der Waals surface area contributed by atoms with Crippen molar-refractivity contribution < 1.29 is 18.7 Å². The summed E-state index contributed by atoms with van der Waals surface area (Å²) < 4.78 is 11.2. The Bertz CT molecular complexity index is 1080. The zero-order chi connectivity index (χ0) is 23.9. The number of piperidine rings is 1. The van der Waals surface area contributed by atoms with Crippen LogP contribution in [0.2, 0.25) is 0 Å². The number of hydrogen-bond acceptors (Lipinski definition) is 5. The summed E-state index contributed by atoms with van der Waals surface area (Å²) in [4.78, 5) is 31.2. The van der Waals surface area contributed by atoms with Crippen molar-refractivity contribution >= 4 is 11.9 Å². The minimum atomic E-state index is -0.786. The number of hydrogen-bond donors (Lipinski definition) is 0. The van der Waals surface area contributed by atoms with Gasteiger partial charge in [-0.05, 0) is 44.6 Å². The maximum Gasteiger partial charge on any atom is 0.307 e. The van der Waals surface area contributed by atoms with Crippen LogP contribution in [0.1, 0.15) is 43.2 Å². The number of aryl methyl sites for hydroxylation is 2. The lowest BCUT2D eigenvalue weighted by Crippen LogP contribution is -2.44. The number of likely N-dealkylation sites (tertiary alicyclic amines) is 1. The van der Waals surface area contributed by atoms with Crippen LogP contribution in [-0.4, -0.2) is 41.0 Å². The monoisotopic (exact) mass is 460 g/mol. The molecule has 0 radical (unpaired) electrons. The summed E-state index contributed by atoms with van der Waals surface area (Å²) in [5.41, 5.74) is 3.46. The van der Waals surface area contributed by atoms with Gasteiger partial charge in [-0.2, -0.15) is 0 Å². The molecule has 0 N–H and O–H groups in total. The fourth-order valence-electron chi connectivity index (χ4n) is 4.35. The molecular formula is C28H32N2O4. The minimum absolute atomic E-state index is 0.116. The highest BCUT2D eigenvalue weighted by Crippen LogP contribution is 2.23. The maximum absolute atomic E-state index is 12.8. The molecule has 1 aromatic heterocycles. The number of esters is 1. The predicted octanol–water partition coefficient (Wildman–Crippen LogP) is 5.00. The second-order valence-corrected chi connectivity index (χ2v) is 9.07. The first-order valence-corrected chi connectivity index (χ1v) is 12.0. The standard InChI is InChI=1S/C28H32N2O4/c1-20-8-10-24(11-9-20)25-19-29-26(34-25)12-13-27(31)33-21(2)28(32)30-16-14-23(15-17-30)18-22-6-4-3-5-7-22/h3-11,19,21,23H,12-18H2,1-2H3. The molecule has 1 aliphatic rings. The highest BCUT2D eigenvalue weighted by atomic mass is 16.5. The number of oxazole rings is 1. The minimum Gasteiger partial charge on any atom is -0.453 e. The number of amides is 1. The van der Waals surface area contributed by atoms with E-state index in [2.05, 4.69) is 29.2 Å². The van der Waals surface area contributed by atoms with Crippen LogP contribution in [0.3, 0.4) is 0 Å². The summed E-state index contributed by atoms with van der Waals surface area (Å²) in [6.07, 6.45) is 4.30. The van der Waals surface area contributed by atoms with Crippen LogP contribution in [-0.2, 0) is 27.2 Å². The smallest absolute Gasteiger partial charge is 0.307 e. The van der Waals surface area contributed by atoms with E-state index in [0.29, 0.717) is 37.1 Å². The normalized spacial score (nSPS) is 15.2. The van der Waals surface area contributed by atoms with Gasteiger partial charge in [0, 0.05) is 25.1 Å². The lowest BCUT2D eigenvalue weighted by atomic mass is 9.90. The van der Waals surface area contributed by atoms with Crippen molar-refractivity contribution in [1.82, 2.24) is 9.88 Å². The largest absolute Gasteiger partial charge is 0.453 e. The van der Waals surface area contributed by atoms with Gasteiger partial charge in [0.05, 0.1) is 12.6 Å². The molecule has 4 rings (SSSR count). The van der Waals surface area contributed by atoms with Gasteiger partial charge in [0.1, 0.15) is 0 Å². The van der Waals surface area contributed by atoms with Crippen LogP contribution >= 0.6 is 0 Å². The zero-order valence-electron chi connectivity index (χ0n) is 19.9. The molecule has 0 spiro atoms. The first-order valence-electron chi connectivity index (χ1n) is 12.0. The van der Waals surface area contributed by atoms with Gasteiger partial charge in [0.2, 0.25) is 0 Å². The van der Waals surface area contributed by atoms with Gasteiger partial charge in [0.15, 0.2) is 17.8 Å². The third-order valence-corrected chi connectivity index (χ3v) is 6.38. The lowest BCUT2D eigenvalue weighted by molar-refractivity contribution is -0.159. The number of ether oxygens (including phenoxy) is 1. The summed E-state index contributed by atoms with van der Waals surface area (Å²) in [6.45, 7) is 5.09. The van der Waals surface area contributed by atoms with Crippen molar-refractivity contribution in [2.24, 2.45) is 5.92 Å². The fraction of sp³-hybridized carbons (Fsp3) is 0.393. The molecule has 1 unspecified atom stereocenters. The lowest BCUT2D eigenvalue weighted by Gasteiger charge is -2.33. The molecule has 1 aliphatic heterocycles. The molecule has 3 aromatic rings. The third-order valence-electron chi connectivity index (χ3n) is 6.38. The van der Waals surface area contributed by atoms with Gasteiger partial charge < -0.3 is 14.1 Å². The molecule has 1 amide bonds. The second-order valence-electron chi connectivity index (χ2n) is 9.07. The number of rotatable bonds is 8. The average Bonchev–Trinajstić information content (AvgIpc) is 3.33. The number of benzene rings is 2. The molecule has 6 heteroatoms. The first kappa shape index (κ1) is 23.7. The Hall–Kier alpha value is -3.41. The van der Waals surface area contributed by atoms with E-state index >= 15 is 0 Å². The van der Waals surface area contributed by atoms with Crippen LogP contribution in [0.15, 0.2) is 65.2 Å². The summed E-state index contributed by atoms with van der Waals surface area (Å²) in [7, 11) is 0. The number of carbonyl (C=O) groups excluding carboxylic acids is 2. The van der Waals surface area contributed by atoms with Crippen LogP contribution in [0.5, 0.6) is 0 Å². The van der Waals surface area contributed by atoms with E-state index in [0.717, 1.165) is 24.8 Å². The maximum atomic E-state index is 12.8. The van der Waals surface area contributed by atoms with E-state index < -0.39 is 12.1 Å². The molecule has 1 saturated heterocycles. The quantitative estimate of drug-likeness (QED) is 0.443. The highest BCUT2D eigenvalue weighted by Gasteiger charge is 2.28. The van der Waals surface area contributed by atoms with Crippen molar-refractivity contribution in [3.63, 3.8) is 0 Å². The Labute approximate surface area is 200 Å². The van der Waals surface area contributed by atoms with E-state index in [-0.39, 0.29) is 12.3 Å². The molecular weight excluding hydrogens is 428 g/mol. The Kier molecular flexibility index (Phi) is 7.78. The van der Waals surface area contributed by atoms with Crippen LogP contribution in [0.25, 0.3) is 11.3 Å². The van der Waals surface area contributed by atoms with Gasteiger partial charge in [-0.25, -0.2) is 4.98 Å². The summed E-state index contributed by atoms with van der Waals surface area (Å²) in [5.74, 6) is 1.18. The fourth-order valence-corrected chi connectivity index (χ4v) is 4.35. The molecule has 2 aromatic carbocycles. The Morgan fingerprint density at radius 2 is 1.79 bits per heavy atom. The molecule has 0 saturated carbocycles. The second kappa shape index (κ2) is 11.1. The van der Waals surface area contributed by atoms with E-state index in [9.17, 15) is 9.59 Å². The van der Waals surface area contributed by atoms with Gasteiger partial charge in [-0.3, -0.25) is 9.59 Å².